The van der Waals surface area contributed by atoms with Crippen molar-refractivity contribution in [2.45, 2.75) is 40.0 Å². The van der Waals surface area contributed by atoms with Gasteiger partial charge < -0.3 is 5.21 Å². The molecule has 2 nitrogen and oxygen atoms in total. The molecule has 0 amide bonds. The van der Waals surface area contributed by atoms with Crippen LogP contribution < -0.4 is 0 Å². The summed E-state index contributed by atoms with van der Waals surface area (Å²) in [6.07, 6.45) is 3.52. The molecule has 0 unspecified atom stereocenters. The molecule has 0 spiro atoms. The smallest absolute Gasteiger partial charge is 0.0638 e. The highest BCUT2D eigenvalue weighted by Crippen LogP contribution is 2.63. The van der Waals surface area contributed by atoms with E-state index in [4.69, 9.17) is 5.21 Å². The Hall–Kier alpha value is -0.530. The molecule has 68 valence electrons. The summed E-state index contributed by atoms with van der Waals surface area (Å²) in [6, 6.07) is 0. The van der Waals surface area contributed by atoms with Gasteiger partial charge in [-0.2, -0.15) is 0 Å². The number of oxime groups is 1. The number of hydrogen-bond acceptors (Lipinski definition) is 2. The van der Waals surface area contributed by atoms with E-state index in [9.17, 15) is 0 Å². The standard InChI is InChI=1S/C10H17NO/c1-9(2)7-4-5-10(9,3)8(6-7)11-12/h7,12H,4-6H2,1-3H3/b11-8-/t7-,10-/m0/s1. The van der Waals surface area contributed by atoms with Crippen LogP contribution in [0.1, 0.15) is 40.0 Å². The van der Waals surface area contributed by atoms with Gasteiger partial charge >= 0.3 is 0 Å². The third kappa shape index (κ3) is 0.644. The first-order valence-corrected chi connectivity index (χ1v) is 4.74. The molecule has 2 rings (SSSR count). The summed E-state index contributed by atoms with van der Waals surface area (Å²) in [5.74, 6) is 0.744. The zero-order valence-electron chi connectivity index (χ0n) is 8.09. The zero-order valence-corrected chi connectivity index (χ0v) is 8.09. The molecule has 0 aromatic carbocycles. The Kier molecular flexibility index (Phi) is 1.37. The van der Waals surface area contributed by atoms with Crippen molar-refractivity contribution >= 4 is 5.71 Å². The number of fused-ring (bicyclic) bond motifs is 2. The first-order chi connectivity index (χ1) is 5.52. The van der Waals surface area contributed by atoms with Crippen molar-refractivity contribution in [1.82, 2.24) is 0 Å². The molecule has 2 saturated carbocycles. The molecule has 2 aliphatic rings. The molecule has 2 atom stereocenters. The quantitative estimate of drug-likeness (QED) is 0.436. The van der Waals surface area contributed by atoms with E-state index in [1.54, 1.807) is 0 Å². The van der Waals surface area contributed by atoms with Crippen LogP contribution in [-0.2, 0) is 0 Å². The Morgan fingerprint density at radius 1 is 1.42 bits per heavy atom. The maximum atomic E-state index is 8.87. The van der Waals surface area contributed by atoms with E-state index in [-0.39, 0.29) is 5.41 Å². The lowest BCUT2D eigenvalue weighted by atomic mass is 9.70. The second kappa shape index (κ2) is 2.04. The molecule has 12 heavy (non-hydrogen) atoms. The van der Waals surface area contributed by atoms with Gasteiger partial charge in [0.05, 0.1) is 5.71 Å². The molecule has 0 aliphatic heterocycles. The van der Waals surface area contributed by atoms with Crippen LogP contribution in [-0.4, -0.2) is 10.9 Å². The molecule has 0 aromatic heterocycles. The van der Waals surface area contributed by atoms with E-state index in [0.29, 0.717) is 5.41 Å². The highest BCUT2D eigenvalue weighted by molar-refractivity contribution is 5.93. The van der Waals surface area contributed by atoms with Gasteiger partial charge in [-0.15, -0.1) is 0 Å². The molecule has 0 radical (unpaired) electrons. The highest BCUT2D eigenvalue weighted by atomic mass is 16.4. The first-order valence-electron chi connectivity index (χ1n) is 4.74. The van der Waals surface area contributed by atoms with Crippen molar-refractivity contribution in [1.29, 1.82) is 0 Å². The minimum absolute atomic E-state index is 0.173. The topological polar surface area (TPSA) is 32.6 Å². The fourth-order valence-corrected chi connectivity index (χ4v) is 3.08. The second-order valence-corrected chi connectivity index (χ2v) is 5.04. The van der Waals surface area contributed by atoms with Gasteiger partial charge in [0.15, 0.2) is 0 Å². The Bertz CT molecular complexity index is 244. The lowest BCUT2D eigenvalue weighted by molar-refractivity contribution is 0.190. The molecule has 2 aliphatic carbocycles. The van der Waals surface area contributed by atoms with Crippen LogP contribution in [0, 0.1) is 16.7 Å². The lowest BCUT2D eigenvalue weighted by Crippen LogP contribution is -2.32. The zero-order chi connectivity index (χ0) is 8.98. The normalized spacial score (nSPS) is 47.2. The fraction of sp³-hybridized carbons (Fsp3) is 0.900. The van der Waals surface area contributed by atoms with Crippen LogP contribution >= 0.6 is 0 Å². The third-order valence-corrected chi connectivity index (χ3v) is 4.63. The summed E-state index contributed by atoms with van der Waals surface area (Å²) in [5.41, 5.74) is 1.55. The first kappa shape index (κ1) is 8.09. The summed E-state index contributed by atoms with van der Waals surface area (Å²) in [5, 5.41) is 12.3. The Labute approximate surface area is 73.7 Å². The van der Waals surface area contributed by atoms with E-state index in [1.165, 1.54) is 12.8 Å². The van der Waals surface area contributed by atoms with Gasteiger partial charge in [-0.1, -0.05) is 25.9 Å². The Morgan fingerprint density at radius 3 is 2.33 bits per heavy atom. The van der Waals surface area contributed by atoms with E-state index in [2.05, 4.69) is 25.9 Å². The van der Waals surface area contributed by atoms with Gasteiger partial charge in [0, 0.05) is 5.41 Å². The van der Waals surface area contributed by atoms with E-state index < -0.39 is 0 Å². The molecule has 0 saturated heterocycles. The minimum atomic E-state index is 0.173. The molecule has 0 aromatic rings. The summed E-state index contributed by atoms with van der Waals surface area (Å²) in [4.78, 5) is 0. The molecular formula is C10H17NO. The van der Waals surface area contributed by atoms with Crippen LogP contribution in [0.4, 0.5) is 0 Å². The van der Waals surface area contributed by atoms with Gasteiger partial charge in [0.25, 0.3) is 0 Å². The van der Waals surface area contributed by atoms with E-state index in [0.717, 1.165) is 18.1 Å². The Morgan fingerprint density at radius 2 is 2.08 bits per heavy atom. The molecule has 0 heterocycles. The molecule has 1 N–H and O–H groups in total. The fourth-order valence-electron chi connectivity index (χ4n) is 3.08. The van der Waals surface area contributed by atoms with E-state index >= 15 is 0 Å². The van der Waals surface area contributed by atoms with Crippen molar-refractivity contribution in [2.75, 3.05) is 0 Å². The van der Waals surface area contributed by atoms with Crippen LogP contribution in [0.5, 0.6) is 0 Å². The van der Waals surface area contributed by atoms with Crippen molar-refractivity contribution in [3.8, 4) is 0 Å². The predicted octanol–water partition coefficient (Wildman–Crippen LogP) is 2.66. The maximum absolute atomic E-state index is 8.87. The van der Waals surface area contributed by atoms with Gasteiger partial charge in [0.1, 0.15) is 0 Å². The minimum Gasteiger partial charge on any atom is -0.411 e. The summed E-state index contributed by atoms with van der Waals surface area (Å²) >= 11 is 0. The second-order valence-electron chi connectivity index (χ2n) is 5.04. The molecule has 2 bridgehead atoms. The predicted molar refractivity (Wildman–Crippen MR) is 48.5 cm³/mol. The lowest BCUT2D eigenvalue weighted by Gasteiger charge is -2.33. The van der Waals surface area contributed by atoms with Gasteiger partial charge in [-0.05, 0) is 30.6 Å². The average molecular weight is 167 g/mol. The molecule has 2 fully saturated rings. The van der Waals surface area contributed by atoms with Crippen molar-refractivity contribution in [3.05, 3.63) is 0 Å². The largest absolute Gasteiger partial charge is 0.411 e. The van der Waals surface area contributed by atoms with Crippen molar-refractivity contribution in [3.63, 3.8) is 0 Å². The van der Waals surface area contributed by atoms with Crippen LogP contribution in [0.2, 0.25) is 0 Å². The number of hydrogen-bond donors (Lipinski definition) is 1. The summed E-state index contributed by atoms with van der Waals surface area (Å²) < 4.78 is 0. The number of nitrogens with zero attached hydrogens (tertiary/aromatic N) is 1. The SMILES string of the molecule is CC1(C)[C@H]2CC[C@@]1(C)/C(=N\O)C2. The molecule has 2 heteroatoms. The van der Waals surface area contributed by atoms with Gasteiger partial charge in [-0.3, -0.25) is 0 Å². The maximum Gasteiger partial charge on any atom is 0.0638 e. The van der Waals surface area contributed by atoms with Gasteiger partial charge in [-0.25, -0.2) is 0 Å². The molecular weight excluding hydrogens is 150 g/mol. The van der Waals surface area contributed by atoms with E-state index in [1.807, 2.05) is 0 Å². The Balaban J connectivity index is 2.46. The van der Waals surface area contributed by atoms with Crippen molar-refractivity contribution in [2.24, 2.45) is 21.9 Å². The van der Waals surface area contributed by atoms with Crippen LogP contribution in [0.25, 0.3) is 0 Å². The monoisotopic (exact) mass is 167 g/mol. The van der Waals surface area contributed by atoms with Crippen LogP contribution in [0.15, 0.2) is 5.16 Å². The van der Waals surface area contributed by atoms with Crippen molar-refractivity contribution < 1.29 is 5.21 Å². The van der Waals surface area contributed by atoms with Crippen LogP contribution in [0.3, 0.4) is 0 Å². The van der Waals surface area contributed by atoms with Gasteiger partial charge in [0.2, 0.25) is 0 Å². The summed E-state index contributed by atoms with van der Waals surface area (Å²) in [7, 11) is 0. The highest BCUT2D eigenvalue weighted by Gasteiger charge is 2.60. The average Bonchev–Trinajstić information content (AvgIpc) is 2.34. The number of rotatable bonds is 0. The third-order valence-electron chi connectivity index (χ3n) is 4.63. The summed E-state index contributed by atoms with van der Waals surface area (Å²) in [6.45, 7) is 6.86.